The van der Waals surface area contributed by atoms with Crippen LogP contribution >= 0.6 is 0 Å². The smallest absolute Gasteiger partial charge is 0.302 e. The Balaban J connectivity index is 1.79. The van der Waals surface area contributed by atoms with Crippen LogP contribution in [0.3, 0.4) is 0 Å². The number of hydrogen-bond donors (Lipinski definition) is 1. The molecule has 7 unspecified atom stereocenters. The lowest BCUT2D eigenvalue weighted by atomic mass is 9.45. The highest BCUT2D eigenvalue weighted by molar-refractivity contribution is 5.91. The van der Waals surface area contributed by atoms with Gasteiger partial charge in [-0.1, -0.05) is 19.4 Å². The van der Waals surface area contributed by atoms with Crippen LogP contribution in [0.15, 0.2) is 11.6 Å². The van der Waals surface area contributed by atoms with E-state index in [4.69, 9.17) is 4.74 Å². The van der Waals surface area contributed by atoms with Crippen molar-refractivity contribution in [3.63, 3.8) is 0 Å². The largest absolute Gasteiger partial charge is 0.462 e. The number of ketones is 1. The number of rotatable bonds is 1. The van der Waals surface area contributed by atoms with E-state index in [2.05, 4.69) is 13.8 Å². The molecule has 4 nitrogen and oxygen atoms in total. The Morgan fingerprint density at radius 3 is 2.62 bits per heavy atom. The molecular formula is C22H32O4. The quantitative estimate of drug-likeness (QED) is 0.722. The van der Waals surface area contributed by atoms with Crippen LogP contribution in [0.25, 0.3) is 0 Å². The van der Waals surface area contributed by atoms with Crippen molar-refractivity contribution in [1.82, 2.24) is 0 Å². The van der Waals surface area contributed by atoms with Crippen LogP contribution < -0.4 is 0 Å². The Morgan fingerprint density at radius 1 is 1.19 bits per heavy atom. The van der Waals surface area contributed by atoms with Crippen LogP contribution in [0.5, 0.6) is 0 Å². The minimum atomic E-state index is -0.708. The topological polar surface area (TPSA) is 63.6 Å². The SMILES string of the molecule is CC(=O)OC1CC2(C)C(CCC2(C)O)C2CCC3=CC(=O)CCC3(C)C12. The second-order valence-electron chi connectivity index (χ2n) is 9.97. The summed E-state index contributed by atoms with van der Waals surface area (Å²) in [5, 5.41) is 11.1. The molecule has 4 heteroatoms. The number of ether oxygens (including phenoxy) is 1. The first-order chi connectivity index (χ1) is 12.1. The summed E-state index contributed by atoms with van der Waals surface area (Å²) in [6.07, 6.45) is 7.74. The number of esters is 1. The molecule has 26 heavy (non-hydrogen) atoms. The van der Waals surface area contributed by atoms with Crippen molar-refractivity contribution >= 4 is 11.8 Å². The lowest BCUT2D eigenvalue weighted by molar-refractivity contribution is -0.189. The molecule has 0 aromatic rings. The fraction of sp³-hybridized carbons (Fsp3) is 0.818. The molecule has 0 spiro atoms. The summed E-state index contributed by atoms with van der Waals surface area (Å²) in [5.74, 6) is 1.17. The molecule has 4 aliphatic carbocycles. The second kappa shape index (κ2) is 5.67. The van der Waals surface area contributed by atoms with Gasteiger partial charge in [0, 0.05) is 24.7 Å². The summed E-state index contributed by atoms with van der Waals surface area (Å²) >= 11 is 0. The summed E-state index contributed by atoms with van der Waals surface area (Å²) < 4.78 is 5.91. The van der Waals surface area contributed by atoms with Gasteiger partial charge in [-0.15, -0.1) is 0 Å². The number of fused-ring (bicyclic) bond motifs is 5. The average Bonchev–Trinajstić information content (AvgIpc) is 2.77. The van der Waals surface area contributed by atoms with E-state index in [1.807, 2.05) is 13.0 Å². The number of hydrogen-bond acceptors (Lipinski definition) is 4. The Kier molecular flexibility index (Phi) is 3.97. The highest BCUT2D eigenvalue weighted by atomic mass is 16.5. The fourth-order valence-corrected chi connectivity index (χ4v) is 7.20. The third-order valence-electron chi connectivity index (χ3n) is 8.75. The van der Waals surface area contributed by atoms with Gasteiger partial charge in [0.25, 0.3) is 0 Å². The van der Waals surface area contributed by atoms with E-state index in [9.17, 15) is 14.7 Å². The molecule has 0 aromatic carbocycles. The Hall–Kier alpha value is -1.16. The van der Waals surface area contributed by atoms with Crippen molar-refractivity contribution in [2.45, 2.75) is 84.3 Å². The molecule has 0 radical (unpaired) electrons. The van der Waals surface area contributed by atoms with Crippen LogP contribution in [0.1, 0.15) is 72.6 Å². The third-order valence-corrected chi connectivity index (χ3v) is 8.75. The van der Waals surface area contributed by atoms with E-state index in [1.54, 1.807) is 0 Å². The van der Waals surface area contributed by atoms with Gasteiger partial charge in [0.2, 0.25) is 0 Å². The van der Waals surface area contributed by atoms with E-state index in [0.29, 0.717) is 18.3 Å². The molecular weight excluding hydrogens is 328 g/mol. The monoisotopic (exact) mass is 360 g/mol. The standard InChI is InChI=1S/C22H32O4/c1-13(23)26-18-12-21(3)17(8-10-22(21,4)25)16-6-5-14-11-15(24)7-9-20(14,2)19(16)18/h11,16-19,25H,5-10,12H2,1-4H3. The molecule has 0 aliphatic heterocycles. The van der Waals surface area contributed by atoms with E-state index in [-0.39, 0.29) is 34.6 Å². The minimum Gasteiger partial charge on any atom is -0.462 e. The van der Waals surface area contributed by atoms with Gasteiger partial charge in [-0.25, -0.2) is 0 Å². The molecule has 7 atom stereocenters. The zero-order chi connectivity index (χ0) is 18.9. The van der Waals surface area contributed by atoms with Crippen LogP contribution in [0, 0.1) is 28.6 Å². The molecule has 0 heterocycles. The number of aliphatic hydroxyl groups is 1. The van der Waals surface area contributed by atoms with Crippen LogP contribution in [0.2, 0.25) is 0 Å². The second-order valence-corrected chi connectivity index (χ2v) is 9.97. The summed E-state index contributed by atoms with van der Waals surface area (Å²) in [6.45, 7) is 7.94. The van der Waals surface area contributed by atoms with Crippen LogP contribution in [0.4, 0.5) is 0 Å². The molecule has 0 saturated heterocycles. The molecule has 0 amide bonds. The normalized spacial score (nSPS) is 50.3. The summed E-state index contributed by atoms with van der Waals surface area (Å²) in [5.41, 5.74) is 0.282. The molecule has 144 valence electrons. The maximum atomic E-state index is 12.0. The van der Waals surface area contributed by atoms with Gasteiger partial charge < -0.3 is 9.84 Å². The van der Waals surface area contributed by atoms with Crippen LogP contribution in [-0.2, 0) is 14.3 Å². The number of carbonyl (C=O) groups is 2. The van der Waals surface area contributed by atoms with Gasteiger partial charge in [0.05, 0.1) is 5.60 Å². The maximum Gasteiger partial charge on any atom is 0.302 e. The van der Waals surface area contributed by atoms with Crippen molar-refractivity contribution in [3.05, 3.63) is 11.6 Å². The van der Waals surface area contributed by atoms with Crippen molar-refractivity contribution < 1.29 is 19.4 Å². The Bertz CT molecular complexity index is 678. The Morgan fingerprint density at radius 2 is 1.92 bits per heavy atom. The third kappa shape index (κ3) is 2.37. The summed E-state index contributed by atoms with van der Waals surface area (Å²) in [4.78, 5) is 23.9. The highest BCUT2D eigenvalue weighted by Crippen LogP contribution is 2.67. The van der Waals surface area contributed by atoms with Crippen LogP contribution in [-0.4, -0.2) is 28.6 Å². The van der Waals surface area contributed by atoms with Gasteiger partial charge in [0.1, 0.15) is 6.10 Å². The lowest BCUT2D eigenvalue weighted by Gasteiger charge is -2.60. The predicted molar refractivity (Wildman–Crippen MR) is 98.3 cm³/mol. The minimum absolute atomic E-state index is 0.0628. The Labute approximate surface area is 156 Å². The number of carbonyl (C=O) groups excluding carboxylic acids is 2. The molecule has 3 fully saturated rings. The zero-order valence-corrected chi connectivity index (χ0v) is 16.5. The maximum absolute atomic E-state index is 12.0. The fourth-order valence-electron chi connectivity index (χ4n) is 7.20. The molecule has 1 N–H and O–H groups in total. The predicted octanol–water partition coefficient (Wildman–Crippen LogP) is 3.81. The van der Waals surface area contributed by atoms with E-state index in [1.165, 1.54) is 12.5 Å². The van der Waals surface area contributed by atoms with Crippen molar-refractivity contribution in [2.75, 3.05) is 0 Å². The van der Waals surface area contributed by atoms with Gasteiger partial charge in [-0.3, -0.25) is 9.59 Å². The van der Waals surface area contributed by atoms with Gasteiger partial charge in [-0.05, 0) is 68.8 Å². The van der Waals surface area contributed by atoms with Gasteiger partial charge in [0.15, 0.2) is 5.78 Å². The van der Waals surface area contributed by atoms with E-state index >= 15 is 0 Å². The van der Waals surface area contributed by atoms with Gasteiger partial charge in [-0.2, -0.15) is 0 Å². The van der Waals surface area contributed by atoms with Crippen molar-refractivity contribution in [2.24, 2.45) is 28.6 Å². The zero-order valence-electron chi connectivity index (χ0n) is 16.5. The lowest BCUT2D eigenvalue weighted by Crippen LogP contribution is -2.60. The van der Waals surface area contributed by atoms with E-state index in [0.717, 1.165) is 38.5 Å². The molecule has 3 saturated carbocycles. The molecule has 0 aromatic heterocycles. The van der Waals surface area contributed by atoms with Gasteiger partial charge >= 0.3 is 5.97 Å². The van der Waals surface area contributed by atoms with E-state index < -0.39 is 5.60 Å². The average molecular weight is 360 g/mol. The van der Waals surface area contributed by atoms with Crippen molar-refractivity contribution in [1.29, 1.82) is 0 Å². The molecule has 4 aliphatic rings. The summed E-state index contributed by atoms with van der Waals surface area (Å²) in [6, 6.07) is 0. The summed E-state index contributed by atoms with van der Waals surface area (Å²) in [7, 11) is 0. The first kappa shape index (κ1) is 18.2. The number of allylic oxidation sites excluding steroid dienone is 1. The molecule has 0 bridgehead atoms. The first-order valence-electron chi connectivity index (χ1n) is 10.2. The first-order valence-corrected chi connectivity index (χ1v) is 10.2. The highest BCUT2D eigenvalue weighted by Gasteiger charge is 2.65. The van der Waals surface area contributed by atoms with Crippen molar-refractivity contribution in [3.8, 4) is 0 Å². The molecule has 4 rings (SSSR count).